The Bertz CT molecular complexity index is 1370. The molecule has 0 aliphatic rings. The molecule has 0 saturated carbocycles. The van der Waals surface area contributed by atoms with Gasteiger partial charge in [-0.15, -0.1) is 0 Å². The second-order valence-electron chi connectivity index (χ2n) is 8.44. The lowest BCUT2D eigenvalue weighted by molar-refractivity contribution is -0.182. The van der Waals surface area contributed by atoms with Gasteiger partial charge in [-0.3, -0.25) is 9.88 Å². The van der Waals surface area contributed by atoms with E-state index in [9.17, 15) is 9.18 Å². The number of aryl methyl sites for hydroxylation is 1. The van der Waals surface area contributed by atoms with Crippen LogP contribution in [0.15, 0.2) is 84.0 Å². The van der Waals surface area contributed by atoms with E-state index in [4.69, 9.17) is 32.6 Å². The van der Waals surface area contributed by atoms with Crippen molar-refractivity contribution in [3.63, 3.8) is 0 Å². The van der Waals surface area contributed by atoms with E-state index in [-0.39, 0.29) is 11.4 Å². The molecule has 0 amide bonds. The van der Waals surface area contributed by atoms with Crippen molar-refractivity contribution >= 4 is 46.9 Å². The molecule has 5 nitrogen and oxygen atoms in total. The highest BCUT2D eigenvalue weighted by Gasteiger charge is 2.16. The quantitative estimate of drug-likeness (QED) is 0.0884. The maximum Gasteiger partial charge on any atom is 0.376 e. The van der Waals surface area contributed by atoms with Gasteiger partial charge in [-0.1, -0.05) is 74.0 Å². The van der Waals surface area contributed by atoms with E-state index in [0.717, 1.165) is 40.7 Å². The predicted molar refractivity (Wildman–Crippen MR) is 161 cm³/mol. The summed E-state index contributed by atoms with van der Waals surface area (Å²) >= 11 is 13.3. The maximum absolute atomic E-state index is 13.9. The van der Waals surface area contributed by atoms with E-state index in [1.807, 2.05) is 39.0 Å². The number of carbonyl (C=O) groups excluding carboxylic acids is 1. The lowest BCUT2D eigenvalue weighted by Gasteiger charge is -2.10. The van der Waals surface area contributed by atoms with Gasteiger partial charge >= 0.3 is 5.97 Å². The first-order valence-electron chi connectivity index (χ1n) is 11.9. The monoisotopic (exact) mass is 589 g/mol. The van der Waals surface area contributed by atoms with Gasteiger partial charge in [0.05, 0.1) is 34.0 Å². The summed E-state index contributed by atoms with van der Waals surface area (Å²) in [6, 6.07) is 15.3. The van der Waals surface area contributed by atoms with Crippen LogP contribution >= 0.6 is 35.2 Å². The number of carbonyl (C=O) groups is 1. The zero-order chi connectivity index (χ0) is 29.1. The smallest absolute Gasteiger partial charge is 0.376 e. The summed E-state index contributed by atoms with van der Waals surface area (Å²) in [7, 11) is 0. The van der Waals surface area contributed by atoms with Gasteiger partial charge in [0, 0.05) is 11.3 Å². The van der Waals surface area contributed by atoms with E-state index in [2.05, 4.69) is 23.0 Å². The molecule has 0 aliphatic heterocycles. The minimum absolute atomic E-state index is 0.147. The Morgan fingerprint density at radius 3 is 2.31 bits per heavy atom. The fourth-order valence-corrected chi connectivity index (χ4v) is 4.13. The first-order chi connectivity index (χ1) is 18.5. The molecule has 0 aromatic heterocycles. The number of allylic oxidation sites excluding steroid dienone is 1. The zero-order valence-electron chi connectivity index (χ0n) is 22.2. The van der Waals surface area contributed by atoms with Crippen molar-refractivity contribution in [3.05, 3.63) is 112 Å². The average Bonchev–Trinajstić information content (AvgIpc) is 2.90. The van der Waals surface area contributed by atoms with E-state index in [0.29, 0.717) is 39.2 Å². The van der Waals surface area contributed by atoms with Gasteiger partial charge in [-0.05, 0) is 72.9 Å². The third-order valence-corrected chi connectivity index (χ3v) is 6.53. The molecule has 0 aliphatic carbocycles. The topological polar surface area (TPSA) is 68.1 Å². The van der Waals surface area contributed by atoms with Gasteiger partial charge in [-0.2, -0.15) is 5.26 Å². The molecule has 0 saturated heterocycles. The van der Waals surface area contributed by atoms with E-state index >= 15 is 0 Å². The van der Waals surface area contributed by atoms with Crippen LogP contribution in [0.1, 0.15) is 48.2 Å². The Kier molecular flexibility index (Phi) is 12.7. The number of rotatable bonds is 9. The van der Waals surface area contributed by atoms with E-state index in [1.54, 1.807) is 30.5 Å². The largest absolute Gasteiger partial charge is 0.425 e. The molecule has 0 fully saturated rings. The van der Waals surface area contributed by atoms with Crippen LogP contribution in [0.3, 0.4) is 0 Å². The molecule has 3 aromatic carbocycles. The highest BCUT2D eigenvalue weighted by molar-refractivity contribution is 7.94. The molecule has 206 valence electrons. The van der Waals surface area contributed by atoms with Gasteiger partial charge in [0.25, 0.3) is 0 Å². The van der Waals surface area contributed by atoms with Crippen molar-refractivity contribution in [3.8, 4) is 16.9 Å². The number of halogens is 3. The summed E-state index contributed by atoms with van der Waals surface area (Å²) in [5.41, 5.74) is 5.18. The molecular formula is C30H30Cl2FNO4S. The van der Waals surface area contributed by atoms with Crippen LogP contribution in [0.4, 0.5) is 4.39 Å². The summed E-state index contributed by atoms with van der Waals surface area (Å²) in [5, 5.41) is 9.54. The van der Waals surface area contributed by atoms with Crippen molar-refractivity contribution in [2.24, 2.45) is 4.99 Å². The Balaban J connectivity index is 0.000000277. The van der Waals surface area contributed by atoms with Gasteiger partial charge in [-0.25, -0.2) is 9.18 Å². The predicted octanol–water partition coefficient (Wildman–Crippen LogP) is 9.76. The summed E-state index contributed by atoms with van der Waals surface area (Å²) < 4.78 is 19.2. The molecular weight excluding hydrogens is 560 g/mol. The number of hydrogen-bond donors (Lipinski definition) is 1. The fourth-order valence-electron chi connectivity index (χ4n) is 3.36. The van der Waals surface area contributed by atoms with Crippen molar-refractivity contribution < 1.29 is 23.5 Å². The first-order valence-corrected chi connectivity index (χ1v) is 13.8. The summed E-state index contributed by atoms with van der Waals surface area (Å²) in [6.45, 7) is 13.3. The summed E-state index contributed by atoms with van der Waals surface area (Å²) in [5.74, 6) is -0.910. The normalized spacial score (nSPS) is 10.8. The number of aliphatic imine (C=N–C) groups is 1. The lowest BCUT2D eigenvalue weighted by Crippen LogP contribution is -2.05. The zero-order valence-corrected chi connectivity index (χ0v) is 24.5. The minimum Gasteiger partial charge on any atom is -0.425 e. The van der Waals surface area contributed by atoms with Crippen LogP contribution in [0.25, 0.3) is 11.1 Å². The Morgan fingerprint density at radius 2 is 1.74 bits per heavy atom. The summed E-state index contributed by atoms with van der Waals surface area (Å²) in [6.07, 6.45) is 3.23. The third kappa shape index (κ3) is 8.97. The Labute approximate surface area is 243 Å². The third-order valence-electron chi connectivity index (χ3n) is 5.46. The Morgan fingerprint density at radius 1 is 1.08 bits per heavy atom. The molecule has 0 heterocycles. The highest BCUT2D eigenvalue weighted by Crippen LogP contribution is 2.31. The van der Waals surface area contributed by atoms with Crippen LogP contribution in [0, 0.1) is 12.7 Å². The second-order valence-corrected chi connectivity index (χ2v) is 9.75. The molecule has 9 heteroatoms. The molecule has 0 radical (unpaired) electrons. The van der Waals surface area contributed by atoms with E-state index in [1.165, 1.54) is 12.1 Å². The molecule has 1 N–H and O–H groups in total. The van der Waals surface area contributed by atoms with Gasteiger partial charge < -0.3 is 4.18 Å². The SMILES string of the molecule is C=C(C)C(=C)N=C(CCC)c1c(F)cccc1Cl.CSOc1cc(-c2ccc(C)c(Cl)c2)ccc1C(=O)OO. The maximum atomic E-state index is 13.9. The fraction of sp³-hybridized carbons (Fsp3) is 0.200. The summed E-state index contributed by atoms with van der Waals surface area (Å²) in [4.78, 5) is 19.6. The van der Waals surface area contributed by atoms with Gasteiger partial charge in [0.1, 0.15) is 11.4 Å². The second kappa shape index (κ2) is 15.5. The number of benzene rings is 3. The number of hydrogen-bond acceptors (Lipinski definition) is 6. The minimum atomic E-state index is -0.868. The number of nitrogens with zero attached hydrogens (tertiary/aromatic N) is 1. The van der Waals surface area contributed by atoms with Gasteiger partial charge in [0.2, 0.25) is 0 Å². The molecule has 0 spiro atoms. The van der Waals surface area contributed by atoms with E-state index < -0.39 is 5.97 Å². The first kappa shape index (κ1) is 32.1. The van der Waals surface area contributed by atoms with Crippen molar-refractivity contribution in [2.45, 2.75) is 33.6 Å². The van der Waals surface area contributed by atoms with Crippen LogP contribution in [0.5, 0.6) is 5.75 Å². The lowest BCUT2D eigenvalue weighted by atomic mass is 10.0. The molecule has 39 heavy (non-hydrogen) atoms. The van der Waals surface area contributed by atoms with Crippen molar-refractivity contribution in [1.82, 2.24) is 0 Å². The van der Waals surface area contributed by atoms with Crippen molar-refractivity contribution in [1.29, 1.82) is 0 Å². The molecule has 0 bridgehead atoms. The highest BCUT2D eigenvalue weighted by atomic mass is 35.5. The molecule has 3 aromatic rings. The Hall–Kier alpha value is -3.10. The standard InChI is InChI=1S/C15H17ClFN.C15H13ClO4S/c1-5-7-14(18-11(4)10(2)3)15-12(16)8-6-9-13(15)17;1-9-3-4-10(7-13(9)16)11-5-6-12(15(17)19-18)14(8-11)20-21-2/h6,8-9H,2,4-5,7H2,1,3H3;3-8,18H,1-2H3. The van der Waals surface area contributed by atoms with Crippen molar-refractivity contribution in [2.75, 3.05) is 6.26 Å². The molecule has 0 unspecified atom stereocenters. The van der Waals surface area contributed by atoms with Crippen LogP contribution in [-0.4, -0.2) is 23.2 Å². The van der Waals surface area contributed by atoms with Crippen LogP contribution in [0.2, 0.25) is 10.0 Å². The van der Waals surface area contributed by atoms with Crippen LogP contribution < -0.4 is 4.18 Å². The average molecular weight is 591 g/mol. The van der Waals surface area contributed by atoms with Crippen LogP contribution in [-0.2, 0) is 4.89 Å². The van der Waals surface area contributed by atoms with Gasteiger partial charge in [0.15, 0.2) is 5.75 Å². The molecule has 3 rings (SSSR count). The molecule has 0 atom stereocenters.